The molecule has 1 saturated carbocycles. The van der Waals surface area contributed by atoms with Crippen LogP contribution in [0.4, 0.5) is 0 Å². The van der Waals surface area contributed by atoms with Gasteiger partial charge in [0.05, 0.1) is 0 Å². The highest BCUT2D eigenvalue weighted by Crippen LogP contribution is 2.40. The summed E-state index contributed by atoms with van der Waals surface area (Å²) in [5.74, 6) is -0.654. The van der Waals surface area contributed by atoms with Gasteiger partial charge in [0, 0.05) is 12.1 Å². The number of nitrogens with zero attached hydrogens (tertiary/aromatic N) is 1. The molecule has 1 saturated heterocycles. The van der Waals surface area contributed by atoms with Crippen LogP contribution in [0.15, 0.2) is 0 Å². The summed E-state index contributed by atoms with van der Waals surface area (Å²) in [6.45, 7) is 5.83. The maximum Gasteiger partial charge on any atom is 0.325 e. The van der Waals surface area contributed by atoms with Crippen LogP contribution >= 0.6 is 0 Å². The van der Waals surface area contributed by atoms with Crippen LogP contribution in [0.5, 0.6) is 0 Å². The maximum atomic E-state index is 11.3. The van der Waals surface area contributed by atoms with Crippen LogP contribution in [0.3, 0.4) is 0 Å². The van der Waals surface area contributed by atoms with Crippen LogP contribution in [-0.2, 0) is 4.79 Å². The second kappa shape index (κ2) is 3.70. The summed E-state index contributed by atoms with van der Waals surface area (Å²) in [7, 11) is 0. The number of aliphatic carboxylic acids is 1. The van der Waals surface area contributed by atoms with E-state index >= 15 is 0 Å². The van der Waals surface area contributed by atoms with Crippen LogP contribution in [0.2, 0.25) is 0 Å². The maximum absolute atomic E-state index is 11.3. The normalized spacial score (nSPS) is 28.9. The molecule has 0 radical (unpaired) electrons. The number of likely N-dealkylation sites (tertiary alicyclic amines) is 1. The average molecular weight is 226 g/mol. The van der Waals surface area contributed by atoms with Gasteiger partial charge in [0.1, 0.15) is 5.54 Å². The van der Waals surface area contributed by atoms with Crippen molar-refractivity contribution in [1.82, 2.24) is 4.90 Å². The Balaban J connectivity index is 2.09. The lowest BCUT2D eigenvalue weighted by molar-refractivity contribution is -0.145. The van der Waals surface area contributed by atoms with Gasteiger partial charge >= 0.3 is 5.97 Å². The van der Waals surface area contributed by atoms with Crippen LogP contribution < -0.4 is 5.73 Å². The highest BCUT2D eigenvalue weighted by atomic mass is 16.4. The molecular weight excluding hydrogens is 204 g/mol. The fourth-order valence-corrected chi connectivity index (χ4v) is 2.74. The van der Waals surface area contributed by atoms with Gasteiger partial charge in [0.2, 0.25) is 0 Å². The average Bonchev–Trinajstić information content (AvgIpc) is 2.94. The molecule has 1 aliphatic carbocycles. The van der Waals surface area contributed by atoms with Gasteiger partial charge in [-0.25, -0.2) is 0 Å². The van der Waals surface area contributed by atoms with E-state index in [0.29, 0.717) is 6.54 Å². The van der Waals surface area contributed by atoms with E-state index in [1.165, 1.54) is 0 Å². The number of hydrogen-bond donors (Lipinski definition) is 2. The summed E-state index contributed by atoms with van der Waals surface area (Å²) in [5, 5.41) is 9.32. The van der Waals surface area contributed by atoms with Crippen molar-refractivity contribution in [1.29, 1.82) is 0 Å². The predicted octanol–water partition coefficient (Wildman–Crippen LogP) is 1.05. The molecule has 0 aromatic carbocycles. The molecular formula is C12H22N2O2. The molecule has 1 heterocycles. The minimum atomic E-state index is -1.03. The lowest BCUT2D eigenvalue weighted by Gasteiger charge is -2.37. The molecule has 2 aliphatic rings. The molecule has 1 unspecified atom stereocenters. The second-order valence-corrected chi connectivity index (χ2v) is 5.96. The summed E-state index contributed by atoms with van der Waals surface area (Å²) in [6.07, 6.45) is 4.22. The zero-order valence-corrected chi connectivity index (χ0v) is 10.2. The third kappa shape index (κ3) is 1.96. The number of nitrogens with two attached hydrogens (primary N) is 1. The molecule has 2 rings (SSSR count). The number of rotatable bonds is 4. The number of carbonyl (C=O) groups is 1. The summed E-state index contributed by atoms with van der Waals surface area (Å²) >= 11 is 0. The van der Waals surface area contributed by atoms with E-state index < -0.39 is 11.5 Å². The van der Waals surface area contributed by atoms with Crippen molar-refractivity contribution in [3.63, 3.8) is 0 Å². The first-order chi connectivity index (χ1) is 7.36. The molecule has 2 fully saturated rings. The van der Waals surface area contributed by atoms with Gasteiger partial charge in [-0.2, -0.15) is 0 Å². The van der Waals surface area contributed by atoms with Crippen molar-refractivity contribution in [2.45, 2.75) is 50.6 Å². The van der Waals surface area contributed by atoms with Gasteiger partial charge in [-0.15, -0.1) is 0 Å². The van der Waals surface area contributed by atoms with Gasteiger partial charge in [0.15, 0.2) is 0 Å². The fraction of sp³-hybridized carbons (Fsp3) is 0.917. The Morgan fingerprint density at radius 1 is 1.56 bits per heavy atom. The summed E-state index contributed by atoms with van der Waals surface area (Å²) in [6, 6.07) is 0. The van der Waals surface area contributed by atoms with E-state index in [1.807, 2.05) is 0 Å². The largest absolute Gasteiger partial charge is 0.480 e. The minimum Gasteiger partial charge on any atom is -0.480 e. The minimum absolute atomic E-state index is 0.106. The third-order valence-corrected chi connectivity index (χ3v) is 4.23. The van der Waals surface area contributed by atoms with E-state index in [1.54, 1.807) is 0 Å². The van der Waals surface area contributed by atoms with Crippen molar-refractivity contribution in [3.05, 3.63) is 0 Å². The SMILES string of the molecule is CC1(C)CCCN1CC(N)(C(=O)O)C1CC1. The summed E-state index contributed by atoms with van der Waals surface area (Å²) < 4.78 is 0. The predicted molar refractivity (Wildman–Crippen MR) is 62.2 cm³/mol. The first kappa shape index (κ1) is 11.9. The molecule has 0 bridgehead atoms. The van der Waals surface area contributed by atoms with E-state index in [9.17, 15) is 9.90 Å². The van der Waals surface area contributed by atoms with Crippen molar-refractivity contribution < 1.29 is 9.90 Å². The van der Waals surface area contributed by atoms with Gasteiger partial charge < -0.3 is 10.8 Å². The molecule has 16 heavy (non-hydrogen) atoms. The molecule has 0 aromatic heterocycles. The van der Waals surface area contributed by atoms with Gasteiger partial charge in [0.25, 0.3) is 0 Å². The topological polar surface area (TPSA) is 66.6 Å². The lowest BCUT2D eigenvalue weighted by Crippen LogP contribution is -2.60. The van der Waals surface area contributed by atoms with Crippen LogP contribution in [-0.4, -0.2) is 40.1 Å². The van der Waals surface area contributed by atoms with E-state index in [-0.39, 0.29) is 11.5 Å². The smallest absolute Gasteiger partial charge is 0.325 e. The number of carboxylic acid groups (broad SMARTS) is 1. The molecule has 92 valence electrons. The Labute approximate surface area is 96.8 Å². The van der Waals surface area contributed by atoms with Crippen LogP contribution in [0.1, 0.15) is 39.5 Å². The Morgan fingerprint density at radius 3 is 2.56 bits per heavy atom. The molecule has 0 amide bonds. The Hall–Kier alpha value is -0.610. The van der Waals surface area contributed by atoms with Gasteiger partial charge in [-0.1, -0.05) is 0 Å². The molecule has 4 nitrogen and oxygen atoms in total. The standard InChI is InChI=1S/C12H22N2O2/c1-11(2)6-3-7-14(11)8-12(13,10(15)16)9-4-5-9/h9H,3-8,13H2,1-2H3,(H,15,16). The Bertz CT molecular complexity index is 299. The summed E-state index contributed by atoms with van der Waals surface area (Å²) in [5.41, 5.74) is 5.19. The van der Waals surface area contributed by atoms with Crippen LogP contribution in [0.25, 0.3) is 0 Å². The van der Waals surface area contributed by atoms with Crippen molar-refractivity contribution >= 4 is 5.97 Å². The molecule has 1 atom stereocenters. The number of carboxylic acids is 1. The van der Waals surface area contributed by atoms with E-state index in [4.69, 9.17) is 5.73 Å². The van der Waals surface area contributed by atoms with Gasteiger partial charge in [-0.05, 0) is 52.0 Å². The lowest BCUT2D eigenvalue weighted by atomic mass is 9.92. The highest BCUT2D eigenvalue weighted by Gasteiger charge is 2.51. The zero-order chi connectivity index (χ0) is 12.0. The molecule has 0 aromatic rings. The molecule has 0 spiro atoms. The number of hydrogen-bond acceptors (Lipinski definition) is 3. The third-order valence-electron chi connectivity index (χ3n) is 4.23. The molecule has 1 aliphatic heterocycles. The summed E-state index contributed by atoms with van der Waals surface area (Å²) in [4.78, 5) is 13.6. The van der Waals surface area contributed by atoms with Crippen molar-refractivity contribution in [2.75, 3.05) is 13.1 Å². The Kier molecular flexibility index (Phi) is 2.75. The first-order valence-corrected chi connectivity index (χ1v) is 6.13. The quantitative estimate of drug-likeness (QED) is 0.752. The molecule has 4 heteroatoms. The first-order valence-electron chi connectivity index (χ1n) is 6.13. The van der Waals surface area contributed by atoms with E-state index in [2.05, 4.69) is 18.7 Å². The van der Waals surface area contributed by atoms with Crippen LogP contribution in [0, 0.1) is 5.92 Å². The monoisotopic (exact) mass is 226 g/mol. The highest BCUT2D eigenvalue weighted by molar-refractivity contribution is 5.80. The van der Waals surface area contributed by atoms with Crippen molar-refractivity contribution in [2.24, 2.45) is 11.7 Å². The van der Waals surface area contributed by atoms with E-state index in [0.717, 1.165) is 32.2 Å². The fourth-order valence-electron chi connectivity index (χ4n) is 2.74. The van der Waals surface area contributed by atoms with Gasteiger partial charge in [-0.3, -0.25) is 9.69 Å². The zero-order valence-electron chi connectivity index (χ0n) is 10.2. The Morgan fingerprint density at radius 2 is 2.19 bits per heavy atom. The second-order valence-electron chi connectivity index (χ2n) is 5.96. The molecule has 3 N–H and O–H groups in total. The van der Waals surface area contributed by atoms with Crippen molar-refractivity contribution in [3.8, 4) is 0 Å².